The molecule has 32 heavy (non-hydrogen) atoms. The van der Waals surface area contributed by atoms with Crippen molar-refractivity contribution in [3.63, 3.8) is 0 Å². The van der Waals surface area contributed by atoms with Crippen molar-refractivity contribution in [3.8, 4) is 5.69 Å². The number of amides is 1. The Labute approximate surface area is 179 Å². The summed E-state index contributed by atoms with van der Waals surface area (Å²) in [5, 5.41) is 15.6. The maximum absolute atomic E-state index is 13.0. The lowest BCUT2D eigenvalue weighted by molar-refractivity contribution is -0.137. The fourth-order valence-electron chi connectivity index (χ4n) is 2.93. The van der Waals surface area contributed by atoms with Crippen LogP contribution in [-0.4, -0.2) is 26.8 Å². The van der Waals surface area contributed by atoms with Gasteiger partial charge in [-0.25, -0.2) is 4.79 Å². The number of hydrogen-bond acceptors (Lipinski definition) is 5. The molecule has 1 aromatic heterocycles. The number of aromatic nitrogens is 2. The summed E-state index contributed by atoms with van der Waals surface area (Å²) in [7, 11) is 0. The monoisotopic (exact) mass is 446 g/mol. The van der Waals surface area contributed by atoms with Gasteiger partial charge in [0.15, 0.2) is 0 Å². The lowest BCUT2D eigenvalue weighted by Crippen LogP contribution is -2.31. The topological polar surface area (TPSA) is 127 Å². The molecule has 1 heterocycles. The van der Waals surface area contributed by atoms with Crippen molar-refractivity contribution >= 4 is 17.6 Å². The molecule has 0 fully saturated rings. The summed E-state index contributed by atoms with van der Waals surface area (Å²) >= 11 is 0. The van der Waals surface area contributed by atoms with E-state index in [1.54, 1.807) is 0 Å². The largest absolute Gasteiger partial charge is 0.478 e. The summed E-state index contributed by atoms with van der Waals surface area (Å²) < 4.78 is 40.0. The zero-order valence-corrected chi connectivity index (χ0v) is 16.6. The van der Waals surface area contributed by atoms with E-state index in [4.69, 9.17) is 10.8 Å². The maximum Gasteiger partial charge on any atom is 0.416 e. The molecule has 2 aromatic carbocycles. The minimum absolute atomic E-state index is 0.0817. The third-order valence-electron chi connectivity index (χ3n) is 4.52. The van der Waals surface area contributed by atoms with E-state index in [-0.39, 0.29) is 28.2 Å². The summed E-state index contributed by atoms with van der Waals surface area (Å²) in [4.78, 5) is 36.0. The van der Waals surface area contributed by atoms with E-state index in [2.05, 4.69) is 10.4 Å². The number of nitrogens with zero attached hydrogens (tertiary/aromatic N) is 2. The number of carboxylic acid groups (broad SMARTS) is 1. The normalized spacial score (nSPS) is 12.2. The number of nitrogens with one attached hydrogen (secondary N) is 1. The fourth-order valence-corrected chi connectivity index (χ4v) is 2.93. The van der Waals surface area contributed by atoms with E-state index in [1.807, 2.05) is 0 Å². The first kappa shape index (κ1) is 22.5. The molecule has 0 bridgehead atoms. The second-order valence-electron chi connectivity index (χ2n) is 6.91. The summed E-state index contributed by atoms with van der Waals surface area (Å²) in [6.07, 6.45) is -4.60. The van der Waals surface area contributed by atoms with E-state index in [0.717, 1.165) is 28.9 Å². The van der Waals surface area contributed by atoms with Gasteiger partial charge in [0.1, 0.15) is 5.69 Å². The number of benzene rings is 2. The summed E-state index contributed by atoms with van der Waals surface area (Å²) in [5.41, 5.74) is 3.88. The smallest absolute Gasteiger partial charge is 0.416 e. The molecular weight excluding hydrogens is 429 g/mol. The molecule has 1 amide bonds. The van der Waals surface area contributed by atoms with Gasteiger partial charge in [0.2, 0.25) is 0 Å². The zero-order valence-electron chi connectivity index (χ0n) is 16.6. The van der Waals surface area contributed by atoms with Gasteiger partial charge in [0, 0.05) is 11.8 Å². The van der Waals surface area contributed by atoms with E-state index in [0.29, 0.717) is 0 Å². The van der Waals surface area contributed by atoms with Crippen LogP contribution in [0.2, 0.25) is 0 Å². The Kier molecular flexibility index (Phi) is 6.01. The number of alkyl halides is 3. The number of rotatable bonds is 5. The van der Waals surface area contributed by atoms with Crippen LogP contribution in [0.3, 0.4) is 0 Å². The minimum atomic E-state index is -4.60. The average Bonchev–Trinajstić information content (AvgIpc) is 2.73. The SMILES string of the molecule is CC(NC(=O)c1ccc(=O)n(-c2cccc(C(=O)O)c2)n1)c1cc(N)cc(C(F)(F)F)c1. The highest BCUT2D eigenvalue weighted by Crippen LogP contribution is 2.32. The highest BCUT2D eigenvalue weighted by atomic mass is 19.4. The van der Waals surface area contributed by atoms with E-state index in [1.165, 1.54) is 37.3 Å². The van der Waals surface area contributed by atoms with Gasteiger partial charge in [-0.2, -0.15) is 23.0 Å². The Morgan fingerprint density at radius 3 is 2.50 bits per heavy atom. The predicted octanol–water partition coefficient (Wildman–Crippen LogP) is 3.02. The van der Waals surface area contributed by atoms with Gasteiger partial charge in [-0.3, -0.25) is 9.59 Å². The van der Waals surface area contributed by atoms with Gasteiger partial charge in [0.25, 0.3) is 11.5 Å². The van der Waals surface area contributed by atoms with Crippen LogP contribution >= 0.6 is 0 Å². The Hall–Kier alpha value is -4.15. The van der Waals surface area contributed by atoms with Crippen molar-refractivity contribution < 1.29 is 27.9 Å². The molecule has 0 aliphatic rings. The van der Waals surface area contributed by atoms with Crippen molar-refractivity contribution in [1.82, 2.24) is 15.1 Å². The molecular formula is C21H17F3N4O4. The first-order chi connectivity index (χ1) is 15.0. The van der Waals surface area contributed by atoms with Crippen molar-refractivity contribution in [3.05, 3.63) is 87.3 Å². The molecule has 166 valence electrons. The Morgan fingerprint density at radius 2 is 1.84 bits per heavy atom. The molecule has 8 nitrogen and oxygen atoms in total. The van der Waals surface area contributed by atoms with Gasteiger partial charge in [-0.15, -0.1) is 0 Å². The van der Waals surface area contributed by atoms with Crippen LogP contribution in [0.4, 0.5) is 18.9 Å². The molecule has 1 atom stereocenters. The van der Waals surface area contributed by atoms with E-state index in [9.17, 15) is 27.6 Å². The van der Waals surface area contributed by atoms with Gasteiger partial charge < -0.3 is 16.2 Å². The molecule has 0 aliphatic carbocycles. The van der Waals surface area contributed by atoms with Gasteiger partial charge in [-0.1, -0.05) is 6.07 Å². The van der Waals surface area contributed by atoms with Crippen LogP contribution in [0.1, 0.15) is 44.9 Å². The van der Waals surface area contributed by atoms with E-state index < -0.39 is 35.2 Å². The lowest BCUT2D eigenvalue weighted by Gasteiger charge is -2.17. The van der Waals surface area contributed by atoms with Crippen molar-refractivity contribution in [2.75, 3.05) is 5.73 Å². The standard InChI is InChI=1S/C21H17F3N4O4/c1-11(13-7-14(21(22,23)24)10-15(25)8-13)26-19(30)17-5-6-18(29)28(27-17)16-4-2-3-12(9-16)20(31)32/h2-11H,25H2,1H3,(H,26,30)(H,31,32). The molecule has 0 saturated heterocycles. The molecule has 3 rings (SSSR count). The van der Waals surface area contributed by atoms with Crippen LogP contribution in [0, 0.1) is 0 Å². The van der Waals surface area contributed by atoms with Crippen LogP contribution in [0.15, 0.2) is 59.4 Å². The Balaban J connectivity index is 1.89. The van der Waals surface area contributed by atoms with Crippen LogP contribution < -0.4 is 16.6 Å². The molecule has 0 spiro atoms. The summed E-state index contributed by atoms with van der Waals surface area (Å²) in [6, 6.07) is 9.76. The first-order valence-corrected chi connectivity index (χ1v) is 9.18. The maximum atomic E-state index is 13.0. The third-order valence-corrected chi connectivity index (χ3v) is 4.52. The first-order valence-electron chi connectivity index (χ1n) is 9.18. The van der Waals surface area contributed by atoms with Gasteiger partial charge >= 0.3 is 12.1 Å². The Bertz CT molecular complexity index is 1250. The van der Waals surface area contributed by atoms with Crippen LogP contribution in [0.25, 0.3) is 5.69 Å². The molecule has 11 heteroatoms. The highest BCUT2D eigenvalue weighted by Gasteiger charge is 2.31. The predicted molar refractivity (Wildman–Crippen MR) is 109 cm³/mol. The third kappa shape index (κ3) is 4.94. The molecule has 1 unspecified atom stereocenters. The number of nitrogens with two attached hydrogens (primary N) is 1. The number of hydrogen-bond donors (Lipinski definition) is 3. The quantitative estimate of drug-likeness (QED) is 0.517. The second kappa shape index (κ2) is 8.53. The Morgan fingerprint density at radius 1 is 1.12 bits per heavy atom. The van der Waals surface area contributed by atoms with Crippen molar-refractivity contribution in [2.24, 2.45) is 0 Å². The number of halogens is 3. The van der Waals surface area contributed by atoms with Crippen LogP contribution in [0.5, 0.6) is 0 Å². The molecule has 3 aromatic rings. The number of anilines is 1. The van der Waals surface area contributed by atoms with Crippen LogP contribution in [-0.2, 0) is 6.18 Å². The molecule has 4 N–H and O–H groups in total. The number of nitrogen functional groups attached to an aromatic ring is 1. The number of carbonyl (C=O) groups is 2. The van der Waals surface area contributed by atoms with Crippen molar-refractivity contribution in [2.45, 2.75) is 19.1 Å². The number of aromatic carboxylic acids is 1. The fraction of sp³-hybridized carbons (Fsp3) is 0.143. The second-order valence-corrected chi connectivity index (χ2v) is 6.91. The highest BCUT2D eigenvalue weighted by molar-refractivity contribution is 5.92. The lowest BCUT2D eigenvalue weighted by atomic mass is 10.0. The summed E-state index contributed by atoms with van der Waals surface area (Å²) in [5.74, 6) is -1.96. The van der Waals surface area contributed by atoms with Gasteiger partial charge in [0.05, 0.1) is 22.9 Å². The van der Waals surface area contributed by atoms with Gasteiger partial charge in [-0.05, 0) is 55.0 Å². The molecule has 0 aliphatic heterocycles. The average molecular weight is 446 g/mol. The van der Waals surface area contributed by atoms with Crippen molar-refractivity contribution in [1.29, 1.82) is 0 Å². The minimum Gasteiger partial charge on any atom is -0.478 e. The number of carboxylic acids is 1. The molecule has 0 saturated carbocycles. The van der Waals surface area contributed by atoms with E-state index >= 15 is 0 Å². The number of carbonyl (C=O) groups excluding carboxylic acids is 1. The zero-order chi connectivity index (χ0) is 23.6. The summed E-state index contributed by atoms with van der Waals surface area (Å²) in [6.45, 7) is 1.47. The molecule has 0 radical (unpaired) electrons.